The Morgan fingerprint density at radius 3 is 2.78 bits per heavy atom. The van der Waals surface area contributed by atoms with Gasteiger partial charge >= 0.3 is 0 Å². The monoisotopic (exact) mass is 322 g/mol. The van der Waals surface area contributed by atoms with Gasteiger partial charge in [-0.1, -0.05) is 28.1 Å². The van der Waals surface area contributed by atoms with Gasteiger partial charge in [0.25, 0.3) is 0 Å². The standard InChI is InChI=1S/C14H15BrN2S/c1-9-13(11-6-7-16-8-11)18-14(17-9)10-2-4-12(15)5-3-10/h2-5,11,16H,6-8H2,1H3. The highest BCUT2D eigenvalue weighted by molar-refractivity contribution is 9.10. The second kappa shape index (κ2) is 5.11. The van der Waals surface area contributed by atoms with Crippen LogP contribution in [0.15, 0.2) is 28.7 Å². The molecule has 2 nitrogen and oxygen atoms in total. The van der Waals surface area contributed by atoms with Crippen LogP contribution in [0.5, 0.6) is 0 Å². The predicted octanol–water partition coefficient (Wildman–Crippen LogP) is 3.96. The molecule has 1 aliphatic rings. The highest BCUT2D eigenvalue weighted by Gasteiger charge is 2.22. The van der Waals surface area contributed by atoms with E-state index >= 15 is 0 Å². The summed E-state index contributed by atoms with van der Waals surface area (Å²) < 4.78 is 1.11. The summed E-state index contributed by atoms with van der Waals surface area (Å²) in [6.07, 6.45) is 1.24. The van der Waals surface area contributed by atoms with Crippen molar-refractivity contribution in [2.24, 2.45) is 0 Å². The fraction of sp³-hybridized carbons (Fsp3) is 0.357. The van der Waals surface area contributed by atoms with Gasteiger partial charge in [-0.3, -0.25) is 0 Å². The number of aryl methyl sites for hydroxylation is 1. The summed E-state index contributed by atoms with van der Waals surface area (Å²) in [6, 6.07) is 8.39. The molecule has 1 aliphatic heterocycles. The van der Waals surface area contributed by atoms with Gasteiger partial charge in [-0.25, -0.2) is 4.98 Å². The second-order valence-corrected chi connectivity index (χ2v) is 6.61. The number of aromatic nitrogens is 1. The minimum absolute atomic E-state index is 0.659. The van der Waals surface area contributed by atoms with Crippen LogP contribution in [-0.4, -0.2) is 18.1 Å². The first-order chi connectivity index (χ1) is 8.74. The molecule has 4 heteroatoms. The van der Waals surface area contributed by atoms with Crippen molar-refractivity contribution in [3.05, 3.63) is 39.3 Å². The van der Waals surface area contributed by atoms with E-state index in [1.807, 2.05) is 11.3 Å². The molecule has 0 amide bonds. The van der Waals surface area contributed by atoms with Gasteiger partial charge in [0.2, 0.25) is 0 Å². The zero-order valence-corrected chi connectivity index (χ0v) is 12.6. The van der Waals surface area contributed by atoms with Gasteiger partial charge < -0.3 is 5.32 Å². The van der Waals surface area contributed by atoms with Crippen LogP contribution in [0.1, 0.15) is 22.9 Å². The maximum Gasteiger partial charge on any atom is 0.123 e. The molecular formula is C14H15BrN2S. The summed E-state index contributed by atoms with van der Waals surface area (Å²) in [5, 5.41) is 4.57. The molecule has 1 aromatic heterocycles. The summed E-state index contributed by atoms with van der Waals surface area (Å²) in [6.45, 7) is 4.37. The van der Waals surface area contributed by atoms with E-state index in [9.17, 15) is 0 Å². The van der Waals surface area contributed by atoms with E-state index in [4.69, 9.17) is 4.98 Å². The van der Waals surface area contributed by atoms with Crippen molar-refractivity contribution in [3.8, 4) is 10.6 Å². The molecule has 1 N–H and O–H groups in total. The van der Waals surface area contributed by atoms with E-state index in [1.54, 1.807) is 0 Å². The molecule has 18 heavy (non-hydrogen) atoms. The third-order valence-corrected chi connectivity index (χ3v) is 5.25. The minimum Gasteiger partial charge on any atom is -0.316 e. The summed E-state index contributed by atoms with van der Waals surface area (Å²) >= 11 is 5.32. The smallest absolute Gasteiger partial charge is 0.123 e. The quantitative estimate of drug-likeness (QED) is 0.905. The Morgan fingerprint density at radius 1 is 1.33 bits per heavy atom. The lowest BCUT2D eigenvalue weighted by molar-refractivity contribution is 0.770. The van der Waals surface area contributed by atoms with Crippen molar-refractivity contribution in [1.82, 2.24) is 10.3 Å². The molecule has 0 aliphatic carbocycles. The van der Waals surface area contributed by atoms with Gasteiger partial charge in [-0.2, -0.15) is 0 Å². The molecule has 1 aromatic carbocycles. The largest absolute Gasteiger partial charge is 0.316 e. The molecule has 0 radical (unpaired) electrons. The molecule has 1 fully saturated rings. The Kier molecular flexibility index (Phi) is 3.50. The molecule has 94 valence electrons. The Hall–Kier alpha value is -0.710. The zero-order chi connectivity index (χ0) is 12.5. The summed E-state index contributed by atoms with van der Waals surface area (Å²) in [5.41, 5.74) is 2.41. The van der Waals surface area contributed by atoms with Crippen molar-refractivity contribution in [2.45, 2.75) is 19.3 Å². The number of nitrogens with zero attached hydrogens (tertiary/aromatic N) is 1. The first kappa shape index (κ1) is 12.3. The lowest BCUT2D eigenvalue weighted by Gasteiger charge is -2.04. The number of hydrogen-bond acceptors (Lipinski definition) is 3. The Balaban J connectivity index is 1.94. The first-order valence-corrected chi connectivity index (χ1v) is 7.79. The van der Waals surface area contributed by atoms with Crippen LogP contribution < -0.4 is 5.32 Å². The molecular weight excluding hydrogens is 308 g/mol. The molecule has 1 saturated heterocycles. The van der Waals surface area contributed by atoms with Crippen molar-refractivity contribution >= 4 is 27.3 Å². The van der Waals surface area contributed by atoms with Crippen LogP contribution in [0.25, 0.3) is 10.6 Å². The van der Waals surface area contributed by atoms with E-state index in [0.717, 1.165) is 22.6 Å². The van der Waals surface area contributed by atoms with Crippen LogP contribution in [-0.2, 0) is 0 Å². The van der Waals surface area contributed by atoms with E-state index in [-0.39, 0.29) is 0 Å². The van der Waals surface area contributed by atoms with Gasteiger partial charge in [0, 0.05) is 27.4 Å². The van der Waals surface area contributed by atoms with Gasteiger partial charge in [-0.05, 0) is 32.0 Å². The number of thiazole rings is 1. The highest BCUT2D eigenvalue weighted by Crippen LogP contribution is 2.35. The predicted molar refractivity (Wildman–Crippen MR) is 80.2 cm³/mol. The van der Waals surface area contributed by atoms with Crippen molar-refractivity contribution in [3.63, 3.8) is 0 Å². The number of hydrogen-bond donors (Lipinski definition) is 1. The van der Waals surface area contributed by atoms with E-state index in [0.29, 0.717) is 5.92 Å². The molecule has 1 atom stereocenters. The summed E-state index contributed by atoms with van der Waals surface area (Å²) in [4.78, 5) is 6.19. The molecule has 0 saturated carbocycles. The van der Waals surface area contributed by atoms with Crippen LogP contribution in [0.2, 0.25) is 0 Å². The van der Waals surface area contributed by atoms with E-state index < -0.39 is 0 Å². The van der Waals surface area contributed by atoms with Crippen LogP contribution in [0, 0.1) is 6.92 Å². The average molecular weight is 323 g/mol. The topological polar surface area (TPSA) is 24.9 Å². The molecule has 3 rings (SSSR count). The Bertz CT molecular complexity index is 541. The molecule has 1 unspecified atom stereocenters. The normalized spacial score (nSPS) is 19.3. The summed E-state index contributed by atoms with van der Waals surface area (Å²) in [7, 11) is 0. The zero-order valence-electron chi connectivity index (χ0n) is 10.2. The number of nitrogens with one attached hydrogen (secondary N) is 1. The third kappa shape index (κ3) is 2.37. The molecule has 2 heterocycles. The fourth-order valence-electron chi connectivity index (χ4n) is 2.38. The van der Waals surface area contributed by atoms with Crippen molar-refractivity contribution < 1.29 is 0 Å². The van der Waals surface area contributed by atoms with Crippen molar-refractivity contribution in [1.29, 1.82) is 0 Å². The van der Waals surface area contributed by atoms with E-state index in [2.05, 4.69) is 52.4 Å². The second-order valence-electron chi connectivity index (χ2n) is 4.67. The number of benzene rings is 1. The number of halogens is 1. The van der Waals surface area contributed by atoms with Crippen LogP contribution >= 0.6 is 27.3 Å². The first-order valence-electron chi connectivity index (χ1n) is 6.18. The third-order valence-electron chi connectivity index (χ3n) is 3.35. The highest BCUT2D eigenvalue weighted by atomic mass is 79.9. The molecule has 2 aromatic rings. The van der Waals surface area contributed by atoms with E-state index in [1.165, 1.54) is 22.6 Å². The van der Waals surface area contributed by atoms with Crippen molar-refractivity contribution in [2.75, 3.05) is 13.1 Å². The van der Waals surface area contributed by atoms with Gasteiger partial charge in [-0.15, -0.1) is 11.3 Å². The Labute approximate surface area is 120 Å². The van der Waals surface area contributed by atoms with Gasteiger partial charge in [0.05, 0.1) is 5.69 Å². The lowest BCUT2D eigenvalue weighted by atomic mass is 10.1. The lowest BCUT2D eigenvalue weighted by Crippen LogP contribution is -2.07. The maximum absolute atomic E-state index is 4.73. The van der Waals surface area contributed by atoms with Gasteiger partial charge in [0.15, 0.2) is 0 Å². The fourth-order valence-corrected chi connectivity index (χ4v) is 3.85. The Morgan fingerprint density at radius 2 is 2.11 bits per heavy atom. The molecule has 0 bridgehead atoms. The van der Waals surface area contributed by atoms with Crippen LogP contribution in [0.3, 0.4) is 0 Å². The molecule has 0 spiro atoms. The maximum atomic E-state index is 4.73. The van der Waals surface area contributed by atoms with Gasteiger partial charge in [0.1, 0.15) is 5.01 Å². The minimum atomic E-state index is 0.659. The number of rotatable bonds is 2. The average Bonchev–Trinajstić information content (AvgIpc) is 2.99. The SMILES string of the molecule is Cc1nc(-c2ccc(Br)cc2)sc1C1CCNC1. The van der Waals surface area contributed by atoms with Crippen LogP contribution in [0.4, 0.5) is 0 Å². The summed E-state index contributed by atoms with van der Waals surface area (Å²) in [5.74, 6) is 0.659.